The second-order valence-corrected chi connectivity index (χ2v) is 7.39. The molecular formula is C19H22N2O4S. The third-order valence-electron chi connectivity index (χ3n) is 4.94. The molecule has 1 amide bonds. The highest BCUT2D eigenvalue weighted by atomic mass is 32.1. The summed E-state index contributed by atoms with van der Waals surface area (Å²) in [6.45, 7) is 2.57. The number of aliphatic carboxylic acids is 1. The third kappa shape index (κ3) is 3.72. The Hall–Kier alpha value is -2.41. The van der Waals surface area contributed by atoms with Crippen LogP contribution >= 0.6 is 11.3 Å². The van der Waals surface area contributed by atoms with Crippen molar-refractivity contribution in [1.29, 1.82) is 0 Å². The van der Waals surface area contributed by atoms with Gasteiger partial charge in [-0.1, -0.05) is 18.2 Å². The van der Waals surface area contributed by atoms with E-state index in [1.54, 1.807) is 28.9 Å². The molecular weight excluding hydrogens is 352 g/mol. The van der Waals surface area contributed by atoms with Crippen LogP contribution in [0.1, 0.15) is 28.5 Å². The van der Waals surface area contributed by atoms with Gasteiger partial charge in [0.2, 0.25) is 5.91 Å². The van der Waals surface area contributed by atoms with E-state index in [1.165, 1.54) is 0 Å². The highest BCUT2D eigenvalue weighted by Gasteiger charge is 2.41. The first kappa shape index (κ1) is 18.4. The summed E-state index contributed by atoms with van der Waals surface area (Å²) in [5, 5.41) is 9.64. The number of hydrogen-bond donors (Lipinski definition) is 1. The van der Waals surface area contributed by atoms with Gasteiger partial charge >= 0.3 is 5.97 Å². The van der Waals surface area contributed by atoms with Gasteiger partial charge in [0.15, 0.2) is 0 Å². The van der Waals surface area contributed by atoms with Crippen molar-refractivity contribution in [3.05, 3.63) is 45.9 Å². The quantitative estimate of drug-likeness (QED) is 0.841. The Labute approximate surface area is 156 Å². The molecule has 2 aromatic rings. The summed E-state index contributed by atoms with van der Waals surface area (Å²) in [6, 6.07) is 7.43. The van der Waals surface area contributed by atoms with Crippen molar-refractivity contribution < 1.29 is 19.4 Å². The number of rotatable bonds is 6. The SMILES string of the molecule is COc1ccccc1[C@@H]1CN(C(=O)CCc2scnc2C)C[C@H]1C(=O)O. The fourth-order valence-electron chi connectivity index (χ4n) is 3.49. The molecule has 0 aliphatic carbocycles. The fourth-order valence-corrected chi connectivity index (χ4v) is 4.27. The normalized spacial score (nSPS) is 19.5. The topological polar surface area (TPSA) is 79.7 Å². The van der Waals surface area contributed by atoms with Crippen LogP contribution in [0.5, 0.6) is 5.75 Å². The maximum Gasteiger partial charge on any atom is 0.308 e. The highest BCUT2D eigenvalue weighted by molar-refractivity contribution is 7.09. The van der Waals surface area contributed by atoms with E-state index in [0.717, 1.165) is 16.1 Å². The molecule has 1 aliphatic rings. The van der Waals surface area contributed by atoms with Crippen LogP contribution in [0.4, 0.5) is 0 Å². The lowest BCUT2D eigenvalue weighted by Gasteiger charge is -2.18. The number of carbonyl (C=O) groups excluding carboxylic acids is 1. The van der Waals surface area contributed by atoms with Crippen LogP contribution in [-0.4, -0.2) is 47.1 Å². The molecule has 0 radical (unpaired) electrons. The molecule has 3 rings (SSSR count). The van der Waals surface area contributed by atoms with Gasteiger partial charge in [0, 0.05) is 30.3 Å². The number of aryl methyl sites for hydroxylation is 2. The lowest BCUT2D eigenvalue weighted by atomic mass is 9.88. The van der Waals surface area contributed by atoms with E-state index in [9.17, 15) is 14.7 Å². The molecule has 7 heteroatoms. The standard InChI is InChI=1S/C19H22N2O4S/c1-12-17(26-11-20-12)7-8-18(22)21-9-14(15(10-21)19(23)24)13-5-3-4-6-16(13)25-2/h3-6,11,14-15H,7-10H2,1-2H3,(H,23,24)/t14-,15+/m0/s1. The number of benzene rings is 1. The molecule has 1 N–H and O–H groups in total. The van der Waals surface area contributed by atoms with Gasteiger partial charge in [0.05, 0.1) is 24.2 Å². The molecule has 1 fully saturated rings. The summed E-state index contributed by atoms with van der Waals surface area (Å²) < 4.78 is 5.39. The average molecular weight is 374 g/mol. The van der Waals surface area contributed by atoms with E-state index in [0.29, 0.717) is 25.1 Å². The van der Waals surface area contributed by atoms with Gasteiger partial charge in [-0.15, -0.1) is 11.3 Å². The Morgan fingerprint density at radius 1 is 1.35 bits per heavy atom. The molecule has 2 atom stereocenters. The lowest BCUT2D eigenvalue weighted by molar-refractivity contribution is -0.141. The maximum atomic E-state index is 12.6. The van der Waals surface area contributed by atoms with Crippen LogP contribution < -0.4 is 4.74 Å². The van der Waals surface area contributed by atoms with Crippen LogP contribution in [0.3, 0.4) is 0 Å². The van der Waals surface area contributed by atoms with Crippen molar-refractivity contribution in [3.63, 3.8) is 0 Å². The van der Waals surface area contributed by atoms with Gasteiger partial charge < -0.3 is 14.7 Å². The van der Waals surface area contributed by atoms with Crippen molar-refractivity contribution in [3.8, 4) is 5.75 Å². The molecule has 2 heterocycles. The largest absolute Gasteiger partial charge is 0.496 e. The molecule has 1 aliphatic heterocycles. The first-order valence-electron chi connectivity index (χ1n) is 8.53. The van der Waals surface area contributed by atoms with Crippen molar-refractivity contribution in [2.45, 2.75) is 25.7 Å². The van der Waals surface area contributed by atoms with Crippen molar-refractivity contribution >= 4 is 23.2 Å². The van der Waals surface area contributed by atoms with Gasteiger partial charge in [-0.05, 0) is 25.0 Å². The monoisotopic (exact) mass is 374 g/mol. The van der Waals surface area contributed by atoms with Gasteiger partial charge in [0.25, 0.3) is 0 Å². The van der Waals surface area contributed by atoms with Gasteiger partial charge in [-0.2, -0.15) is 0 Å². The van der Waals surface area contributed by atoms with E-state index < -0.39 is 11.9 Å². The Balaban J connectivity index is 1.73. The summed E-state index contributed by atoms with van der Waals surface area (Å²) in [7, 11) is 1.57. The predicted molar refractivity (Wildman–Crippen MR) is 98.6 cm³/mol. The van der Waals surface area contributed by atoms with Crippen LogP contribution in [-0.2, 0) is 16.0 Å². The molecule has 0 unspecified atom stereocenters. The number of para-hydroxylation sites is 1. The second kappa shape index (κ2) is 7.86. The number of ether oxygens (including phenoxy) is 1. The molecule has 6 nitrogen and oxygen atoms in total. The number of aromatic nitrogens is 1. The minimum atomic E-state index is -0.880. The minimum absolute atomic E-state index is 0.0125. The number of hydrogen-bond acceptors (Lipinski definition) is 5. The molecule has 138 valence electrons. The number of amides is 1. The minimum Gasteiger partial charge on any atom is -0.496 e. The van der Waals surface area contributed by atoms with Gasteiger partial charge in [-0.25, -0.2) is 4.98 Å². The van der Waals surface area contributed by atoms with E-state index in [-0.39, 0.29) is 18.4 Å². The Kier molecular flexibility index (Phi) is 5.56. The van der Waals surface area contributed by atoms with E-state index >= 15 is 0 Å². The lowest BCUT2D eigenvalue weighted by Crippen LogP contribution is -2.30. The second-order valence-electron chi connectivity index (χ2n) is 6.45. The first-order valence-corrected chi connectivity index (χ1v) is 9.41. The highest BCUT2D eigenvalue weighted by Crippen LogP contribution is 2.37. The summed E-state index contributed by atoms with van der Waals surface area (Å²) in [5.74, 6) is -1.12. The molecule has 0 bridgehead atoms. The Morgan fingerprint density at radius 3 is 2.77 bits per heavy atom. The summed E-state index contributed by atoms with van der Waals surface area (Å²) in [5.41, 5.74) is 3.58. The predicted octanol–water partition coefficient (Wildman–Crippen LogP) is 2.72. The van der Waals surface area contributed by atoms with E-state index in [1.807, 2.05) is 31.2 Å². The zero-order valence-corrected chi connectivity index (χ0v) is 15.7. The van der Waals surface area contributed by atoms with Gasteiger partial charge in [-0.3, -0.25) is 9.59 Å². The number of thiazole rings is 1. The number of nitrogens with zero attached hydrogens (tertiary/aromatic N) is 2. The average Bonchev–Trinajstić information content (AvgIpc) is 3.26. The van der Waals surface area contributed by atoms with E-state index in [2.05, 4.69) is 4.98 Å². The van der Waals surface area contributed by atoms with Crippen molar-refractivity contribution in [2.75, 3.05) is 20.2 Å². The molecule has 1 aromatic heterocycles. The first-order chi connectivity index (χ1) is 12.5. The molecule has 1 saturated heterocycles. The Morgan fingerprint density at radius 2 is 2.12 bits per heavy atom. The van der Waals surface area contributed by atoms with Crippen molar-refractivity contribution in [2.24, 2.45) is 5.92 Å². The number of carbonyl (C=O) groups is 2. The molecule has 1 aromatic carbocycles. The fraction of sp³-hybridized carbons (Fsp3) is 0.421. The van der Waals surface area contributed by atoms with Crippen LogP contribution in [0.25, 0.3) is 0 Å². The van der Waals surface area contributed by atoms with E-state index in [4.69, 9.17) is 4.74 Å². The zero-order valence-electron chi connectivity index (χ0n) is 14.8. The summed E-state index contributed by atoms with van der Waals surface area (Å²) in [4.78, 5) is 31.4. The molecule has 0 saturated carbocycles. The number of methoxy groups -OCH3 is 1. The van der Waals surface area contributed by atoms with Crippen LogP contribution in [0, 0.1) is 12.8 Å². The number of likely N-dealkylation sites (tertiary alicyclic amines) is 1. The zero-order chi connectivity index (χ0) is 18.7. The number of carboxylic acid groups (broad SMARTS) is 1. The van der Waals surface area contributed by atoms with Crippen LogP contribution in [0.15, 0.2) is 29.8 Å². The molecule has 26 heavy (non-hydrogen) atoms. The summed E-state index contributed by atoms with van der Waals surface area (Å²) in [6.07, 6.45) is 1.01. The van der Waals surface area contributed by atoms with Crippen LogP contribution in [0.2, 0.25) is 0 Å². The maximum absolute atomic E-state index is 12.6. The number of carboxylic acids is 1. The van der Waals surface area contributed by atoms with Crippen molar-refractivity contribution in [1.82, 2.24) is 9.88 Å². The molecule has 0 spiro atoms. The third-order valence-corrected chi connectivity index (χ3v) is 5.93. The van der Waals surface area contributed by atoms with Gasteiger partial charge in [0.1, 0.15) is 5.75 Å². The smallest absolute Gasteiger partial charge is 0.308 e. The Bertz CT molecular complexity index is 804. The summed E-state index contributed by atoms with van der Waals surface area (Å²) >= 11 is 1.55.